The van der Waals surface area contributed by atoms with Crippen molar-refractivity contribution in [1.29, 1.82) is 0 Å². The lowest BCUT2D eigenvalue weighted by molar-refractivity contribution is -0.141. The number of nitrogens with zero attached hydrogens (tertiary/aromatic N) is 2. The van der Waals surface area contributed by atoms with Crippen molar-refractivity contribution in [3.05, 3.63) is 41.6 Å². The Morgan fingerprint density at radius 1 is 1.17 bits per heavy atom. The molecule has 0 saturated carbocycles. The zero-order chi connectivity index (χ0) is 16.8. The van der Waals surface area contributed by atoms with Crippen LogP contribution in [-0.2, 0) is 6.18 Å². The molecule has 0 unspecified atom stereocenters. The van der Waals surface area contributed by atoms with Crippen molar-refractivity contribution in [1.82, 2.24) is 9.88 Å². The highest BCUT2D eigenvalue weighted by molar-refractivity contribution is 6.06. The van der Waals surface area contributed by atoms with Crippen LogP contribution in [-0.4, -0.2) is 41.0 Å². The van der Waals surface area contributed by atoms with E-state index in [1.807, 2.05) is 0 Å². The summed E-state index contributed by atoms with van der Waals surface area (Å²) in [5, 5.41) is 0.375. The molecule has 1 aliphatic heterocycles. The van der Waals surface area contributed by atoms with Gasteiger partial charge in [0, 0.05) is 30.6 Å². The van der Waals surface area contributed by atoms with Crippen LogP contribution in [0.15, 0.2) is 30.3 Å². The van der Waals surface area contributed by atoms with Crippen molar-refractivity contribution in [2.75, 3.05) is 13.1 Å². The number of alkyl halides is 3. The minimum Gasteiger partial charge on any atom is -0.335 e. The van der Waals surface area contributed by atoms with Crippen molar-refractivity contribution in [3.8, 4) is 0 Å². The minimum atomic E-state index is -4.63. The number of para-hydroxylation sites is 1. The summed E-state index contributed by atoms with van der Waals surface area (Å²) in [5.41, 5.74) is 10.6. The number of fused-ring (bicyclic) bond motifs is 1. The number of hydrogen-bond donors (Lipinski definition) is 2. The van der Waals surface area contributed by atoms with Crippen LogP contribution in [0.4, 0.5) is 13.2 Å². The van der Waals surface area contributed by atoms with Gasteiger partial charge in [-0.2, -0.15) is 13.2 Å². The molecule has 8 heteroatoms. The summed E-state index contributed by atoms with van der Waals surface area (Å²) in [6.07, 6.45) is -4.63. The van der Waals surface area contributed by atoms with Gasteiger partial charge in [-0.05, 0) is 12.1 Å². The molecule has 1 aromatic carbocycles. The van der Waals surface area contributed by atoms with Crippen LogP contribution in [0, 0.1) is 0 Å². The van der Waals surface area contributed by atoms with Crippen molar-refractivity contribution in [2.45, 2.75) is 18.3 Å². The lowest BCUT2D eigenvalue weighted by Gasteiger charge is -2.18. The molecule has 0 bridgehead atoms. The van der Waals surface area contributed by atoms with Gasteiger partial charge in [0.05, 0.1) is 11.1 Å². The summed E-state index contributed by atoms with van der Waals surface area (Å²) >= 11 is 0. The number of hydrogen-bond acceptors (Lipinski definition) is 4. The summed E-state index contributed by atoms with van der Waals surface area (Å²) in [4.78, 5) is 17.6. The molecule has 122 valence electrons. The number of aromatic nitrogens is 1. The molecule has 5 nitrogen and oxygen atoms in total. The number of nitrogens with two attached hydrogens (primary N) is 2. The quantitative estimate of drug-likeness (QED) is 0.829. The van der Waals surface area contributed by atoms with Crippen LogP contribution in [0.5, 0.6) is 0 Å². The van der Waals surface area contributed by atoms with Gasteiger partial charge in [0.15, 0.2) is 0 Å². The summed E-state index contributed by atoms with van der Waals surface area (Å²) in [6, 6.07) is 6.28. The van der Waals surface area contributed by atoms with Crippen LogP contribution in [0.25, 0.3) is 10.9 Å². The first-order valence-electron chi connectivity index (χ1n) is 7.05. The van der Waals surface area contributed by atoms with E-state index in [0.717, 1.165) is 6.07 Å². The molecule has 2 atom stereocenters. The van der Waals surface area contributed by atoms with E-state index in [1.54, 1.807) is 18.2 Å². The summed E-state index contributed by atoms with van der Waals surface area (Å²) in [7, 11) is 0. The van der Waals surface area contributed by atoms with Crippen molar-refractivity contribution >= 4 is 16.8 Å². The fourth-order valence-corrected chi connectivity index (χ4v) is 2.69. The Hall–Kier alpha value is -2.19. The van der Waals surface area contributed by atoms with E-state index in [9.17, 15) is 18.0 Å². The van der Waals surface area contributed by atoms with Crippen LogP contribution in [0.1, 0.15) is 16.1 Å². The number of pyridine rings is 1. The highest BCUT2D eigenvalue weighted by Crippen LogP contribution is 2.31. The maximum Gasteiger partial charge on any atom is 0.433 e. The lowest BCUT2D eigenvalue weighted by Crippen LogP contribution is -2.39. The van der Waals surface area contributed by atoms with Crippen molar-refractivity contribution in [3.63, 3.8) is 0 Å². The van der Waals surface area contributed by atoms with E-state index in [1.165, 1.54) is 11.0 Å². The third-order valence-electron chi connectivity index (χ3n) is 3.94. The van der Waals surface area contributed by atoms with Crippen LogP contribution >= 0.6 is 0 Å². The van der Waals surface area contributed by atoms with Gasteiger partial charge >= 0.3 is 6.18 Å². The zero-order valence-corrected chi connectivity index (χ0v) is 12.0. The molecular weight excluding hydrogens is 309 g/mol. The summed E-state index contributed by atoms with van der Waals surface area (Å²) in [5.74, 6) is -0.516. The van der Waals surface area contributed by atoms with Gasteiger partial charge < -0.3 is 16.4 Å². The maximum absolute atomic E-state index is 13.0. The highest BCUT2D eigenvalue weighted by Gasteiger charge is 2.36. The zero-order valence-electron chi connectivity index (χ0n) is 12.0. The van der Waals surface area contributed by atoms with Gasteiger partial charge in [0.25, 0.3) is 5.91 Å². The monoisotopic (exact) mass is 324 g/mol. The first-order valence-corrected chi connectivity index (χ1v) is 7.05. The lowest BCUT2D eigenvalue weighted by atomic mass is 10.1. The van der Waals surface area contributed by atoms with E-state index in [0.29, 0.717) is 5.39 Å². The smallest absolute Gasteiger partial charge is 0.335 e. The molecule has 1 aliphatic rings. The van der Waals surface area contributed by atoms with Crippen molar-refractivity contribution < 1.29 is 18.0 Å². The molecular formula is C15H15F3N4O. The molecule has 1 aromatic heterocycles. The number of amides is 1. The Labute approximate surface area is 130 Å². The van der Waals surface area contributed by atoms with Crippen LogP contribution < -0.4 is 11.5 Å². The average molecular weight is 324 g/mol. The fourth-order valence-electron chi connectivity index (χ4n) is 2.69. The molecule has 2 heterocycles. The predicted octanol–water partition coefficient (Wildman–Crippen LogP) is 1.36. The molecule has 0 radical (unpaired) electrons. The molecule has 1 saturated heterocycles. The largest absolute Gasteiger partial charge is 0.433 e. The second-order valence-electron chi connectivity index (χ2n) is 5.61. The Morgan fingerprint density at radius 3 is 2.39 bits per heavy atom. The molecule has 0 spiro atoms. The molecule has 2 aromatic rings. The fraction of sp³-hybridized carbons (Fsp3) is 0.333. The van der Waals surface area contributed by atoms with Gasteiger partial charge in [0.2, 0.25) is 0 Å². The topological polar surface area (TPSA) is 85.2 Å². The maximum atomic E-state index is 13.0. The number of halogens is 3. The van der Waals surface area contributed by atoms with E-state index in [2.05, 4.69) is 4.98 Å². The molecule has 1 fully saturated rings. The first kappa shape index (κ1) is 15.7. The minimum absolute atomic E-state index is 0.0378. The van der Waals surface area contributed by atoms with Gasteiger partial charge in [-0.3, -0.25) is 4.79 Å². The Balaban J connectivity index is 2.10. The van der Waals surface area contributed by atoms with E-state index in [4.69, 9.17) is 11.5 Å². The Kier molecular flexibility index (Phi) is 3.73. The van der Waals surface area contributed by atoms with E-state index < -0.39 is 17.8 Å². The van der Waals surface area contributed by atoms with E-state index in [-0.39, 0.29) is 36.3 Å². The first-order chi connectivity index (χ1) is 10.8. The SMILES string of the molecule is N[C@@H]1CN(C(=O)c2cc(C(F)(F)F)nc3ccccc23)C[C@H]1N. The van der Waals surface area contributed by atoms with Crippen molar-refractivity contribution in [2.24, 2.45) is 11.5 Å². The molecule has 3 rings (SSSR count). The van der Waals surface area contributed by atoms with E-state index >= 15 is 0 Å². The normalized spacial score (nSPS) is 21.9. The summed E-state index contributed by atoms with van der Waals surface area (Å²) in [6.45, 7) is 0.440. The van der Waals surface area contributed by atoms with Crippen LogP contribution in [0.2, 0.25) is 0 Å². The van der Waals surface area contributed by atoms with Gasteiger partial charge in [-0.1, -0.05) is 18.2 Å². The summed E-state index contributed by atoms with van der Waals surface area (Å²) < 4.78 is 39.1. The number of likely N-dealkylation sites (tertiary alicyclic amines) is 1. The molecule has 0 aliphatic carbocycles. The predicted molar refractivity (Wildman–Crippen MR) is 78.6 cm³/mol. The standard InChI is InChI=1S/C15H15F3N4O/c16-15(17,18)13-5-9(8-3-1-2-4-12(8)21-13)14(23)22-6-10(19)11(20)7-22/h1-5,10-11H,6-7,19-20H2/t10-,11-/m1/s1. The van der Waals surface area contributed by atoms with Crippen LogP contribution in [0.3, 0.4) is 0 Å². The Bertz CT molecular complexity index is 752. The Morgan fingerprint density at radius 2 is 1.78 bits per heavy atom. The second kappa shape index (κ2) is 5.47. The second-order valence-corrected chi connectivity index (χ2v) is 5.61. The molecule has 4 N–H and O–H groups in total. The third kappa shape index (κ3) is 2.87. The third-order valence-corrected chi connectivity index (χ3v) is 3.94. The molecule has 23 heavy (non-hydrogen) atoms. The number of carbonyl (C=O) groups is 1. The highest BCUT2D eigenvalue weighted by atomic mass is 19.4. The van der Waals surface area contributed by atoms with Gasteiger partial charge in [0.1, 0.15) is 5.69 Å². The van der Waals surface area contributed by atoms with Gasteiger partial charge in [-0.25, -0.2) is 4.98 Å². The number of carbonyl (C=O) groups excluding carboxylic acids is 1. The number of rotatable bonds is 1. The number of benzene rings is 1. The average Bonchev–Trinajstić information content (AvgIpc) is 2.84. The molecule has 1 amide bonds. The van der Waals surface area contributed by atoms with Gasteiger partial charge in [-0.15, -0.1) is 0 Å².